The van der Waals surface area contributed by atoms with Crippen LogP contribution in [0, 0.1) is 17.1 Å². The number of likely N-dealkylation sites (tertiary alicyclic amines) is 1. The Morgan fingerprint density at radius 2 is 1.93 bits per heavy atom. The molecule has 146 valence electrons. The van der Waals surface area contributed by atoms with Crippen LogP contribution in [-0.4, -0.2) is 40.6 Å². The van der Waals surface area contributed by atoms with E-state index in [4.69, 9.17) is 5.41 Å². The molecule has 1 fully saturated rings. The monoisotopic (exact) mass is 447 g/mol. The summed E-state index contributed by atoms with van der Waals surface area (Å²) in [5, 5.41) is 13.5. The van der Waals surface area contributed by atoms with E-state index in [1.165, 1.54) is 18.2 Å². The molecule has 2 heterocycles. The van der Waals surface area contributed by atoms with E-state index in [0.29, 0.717) is 37.3 Å². The molecule has 0 saturated carbocycles. The smallest absolute Gasteiger partial charge is 0.321 e. The second-order valence-corrected chi connectivity index (χ2v) is 7.28. The van der Waals surface area contributed by atoms with Gasteiger partial charge >= 0.3 is 6.03 Å². The highest BCUT2D eigenvalue weighted by Crippen LogP contribution is 2.22. The number of anilines is 2. The molecule has 2 aromatic rings. The number of Topliss-reactive ketones (excluding diaryl/α,β-unsaturated/α-hetero) is 1. The molecule has 0 atom stereocenters. The molecule has 1 aliphatic heterocycles. The molecule has 9 heteroatoms. The number of urea groups is 1. The second kappa shape index (κ2) is 8.92. The van der Waals surface area contributed by atoms with Gasteiger partial charge in [-0.1, -0.05) is 0 Å². The molecule has 3 N–H and O–H groups in total. The highest BCUT2D eigenvalue weighted by molar-refractivity contribution is 9.10. The van der Waals surface area contributed by atoms with Crippen LogP contribution in [0.4, 0.5) is 20.6 Å². The average Bonchev–Trinajstić information content (AvgIpc) is 2.71. The van der Waals surface area contributed by atoms with Gasteiger partial charge in [0.2, 0.25) is 5.78 Å². The van der Waals surface area contributed by atoms with E-state index in [1.54, 1.807) is 29.4 Å². The number of nitrogens with zero attached hydrogens (tertiary/aromatic N) is 2. The van der Waals surface area contributed by atoms with Crippen LogP contribution in [-0.2, 0) is 4.79 Å². The molecule has 0 aliphatic carbocycles. The van der Waals surface area contributed by atoms with Crippen molar-refractivity contribution in [2.45, 2.75) is 12.8 Å². The van der Waals surface area contributed by atoms with Crippen molar-refractivity contribution in [3.8, 4) is 0 Å². The molecule has 1 saturated heterocycles. The number of piperidine rings is 1. The Labute approximate surface area is 170 Å². The van der Waals surface area contributed by atoms with Crippen molar-refractivity contribution in [3.63, 3.8) is 0 Å². The zero-order valence-electron chi connectivity index (χ0n) is 14.9. The summed E-state index contributed by atoms with van der Waals surface area (Å²) < 4.78 is 13.5. The Bertz CT molecular complexity index is 885. The lowest BCUT2D eigenvalue weighted by Gasteiger charge is -2.31. The van der Waals surface area contributed by atoms with Crippen LogP contribution >= 0.6 is 15.9 Å². The van der Waals surface area contributed by atoms with Crippen molar-refractivity contribution in [2.24, 2.45) is 5.92 Å². The number of nitrogens with one attached hydrogen (secondary N) is 3. The maximum Gasteiger partial charge on any atom is 0.321 e. The van der Waals surface area contributed by atoms with Crippen LogP contribution in [0.25, 0.3) is 0 Å². The van der Waals surface area contributed by atoms with Gasteiger partial charge in [0.15, 0.2) is 5.84 Å². The van der Waals surface area contributed by atoms with Gasteiger partial charge in [0.05, 0.1) is 16.4 Å². The Kier molecular flexibility index (Phi) is 6.35. The largest absolute Gasteiger partial charge is 0.338 e. The third kappa shape index (κ3) is 4.92. The Hall–Kier alpha value is -2.81. The normalized spacial score (nSPS) is 14.4. The minimum atomic E-state index is -0.416. The van der Waals surface area contributed by atoms with Crippen LogP contribution in [0.1, 0.15) is 12.8 Å². The van der Waals surface area contributed by atoms with Crippen molar-refractivity contribution >= 4 is 45.0 Å². The zero-order chi connectivity index (χ0) is 20.1. The Morgan fingerprint density at radius 3 is 2.57 bits per heavy atom. The molecule has 0 unspecified atom stereocenters. The number of aromatic nitrogens is 1. The predicted octanol–water partition coefficient (Wildman–Crippen LogP) is 3.89. The third-order valence-electron chi connectivity index (χ3n) is 4.50. The van der Waals surface area contributed by atoms with E-state index in [-0.39, 0.29) is 28.0 Å². The van der Waals surface area contributed by atoms with Crippen molar-refractivity contribution < 1.29 is 14.0 Å². The number of rotatable bonds is 4. The fourth-order valence-corrected chi connectivity index (χ4v) is 3.35. The summed E-state index contributed by atoms with van der Waals surface area (Å²) in [7, 11) is 0. The van der Waals surface area contributed by atoms with E-state index in [1.807, 2.05) is 0 Å². The number of ketones is 1. The van der Waals surface area contributed by atoms with Crippen molar-refractivity contribution in [1.82, 2.24) is 9.88 Å². The molecule has 0 radical (unpaired) electrons. The number of amides is 2. The number of carbonyl (C=O) groups is 2. The lowest BCUT2D eigenvalue weighted by atomic mass is 9.92. The van der Waals surface area contributed by atoms with E-state index < -0.39 is 5.82 Å². The summed E-state index contributed by atoms with van der Waals surface area (Å²) in [6.07, 6.45) is 4.16. The molecule has 2 amide bonds. The first-order chi connectivity index (χ1) is 13.4. The van der Waals surface area contributed by atoms with Crippen LogP contribution in [0.2, 0.25) is 0 Å². The topological polar surface area (TPSA) is 98.2 Å². The molecule has 3 rings (SSSR count). The first kappa shape index (κ1) is 19.9. The fraction of sp³-hybridized carbons (Fsp3) is 0.263. The van der Waals surface area contributed by atoms with Gasteiger partial charge in [-0.3, -0.25) is 15.2 Å². The van der Waals surface area contributed by atoms with Crippen LogP contribution in [0.3, 0.4) is 0 Å². The molecular formula is C19H19BrFN5O2. The number of benzene rings is 1. The summed E-state index contributed by atoms with van der Waals surface area (Å²) in [5.74, 6) is -1.30. The van der Waals surface area contributed by atoms with Crippen LogP contribution in [0.5, 0.6) is 0 Å². The molecule has 1 aromatic carbocycles. The summed E-state index contributed by atoms with van der Waals surface area (Å²) in [5.41, 5.74) is 1.07. The number of carbonyl (C=O) groups excluding carboxylic acids is 2. The van der Waals surface area contributed by atoms with Gasteiger partial charge in [-0.25, -0.2) is 9.18 Å². The standard InChI is InChI=1S/C19H19BrFN5O2/c20-15-10-13(3-4-16(15)21)24-18(22)17(27)12-5-8-26(9-6-12)19(28)25-14-2-1-7-23-11-14/h1-4,7,10-12H,5-6,8-9H2,(H2,22,24)(H,25,28). The number of halogens is 2. The van der Waals surface area contributed by atoms with Gasteiger partial charge in [0.1, 0.15) is 5.82 Å². The van der Waals surface area contributed by atoms with Gasteiger partial charge in [-0.05, 0) is 59.1 Å². The van der Waals surface area contributed by atoms with Crippen molar-refractivity contribution in [2.75, 3.05) is 23.7 Å². The summed E-state index contributed by atoms with van der Waals surface area (Å²) in [4.78, 5) is 30.4. The minimum Gasteiger partial charge on any atom is -0.338 e. The molecule has 0 bridgehead atoms. The molecule has 0 spiro atoms. The molecule has 1 aromatic heterocycles. The van der Waals surface area contributed by atoms with Gasteiger partial charge in [-0.15, -0.1) is 0 Å². The summed E-state index contributed by atoms with van der Waals surface area (Å²) in [6, 6.07) is 7.45. The third-order valence-corrected chi connectivity index (χ3v) is 5.11. The van der Waals surface area contributed by atoms with Crippen molar-refractivity contribution in [1.29, 1.82) is 5.41 Å². The number of hydrogen-bond acceptors (Lipinski definition) is 4. The maximum atomic E-state index is 13.3. The highest BCUT2D eigenvalue weighted by Gasteiger charge is 2.29. The van der Waals surface area contributed by atoms with Crippen molar-refractivity contribution in [3.05, 3.63) is 53.0 Å². The van der Waals surface area contributed by atoms with E-state index in [9.17, 15) is 14.0 Å². The average molecular weight is 448 g/mol. The second-order valence-electron chi connectivity index (χ2n) is 6.43. The summed E-state index contributed by atoms with van der Waals surface area (Å²) >= 11 is 3.08. The Morgan fingerprint density at radius 1 is 1.18 bits per heavy atom. The van der Waals surface area contributed by atoms with Gasteiger partial charge in [0, 0.05) is 30.9 Å². The maximum absolute atomic E-state index is 13.3. The molecular weight excluding hydrogens is 429 g/mol. The van der Waals surface area contributed by atoms with E-state index in [0.717, 1.165) is 0 Å². The quantitative estimate of drug-likeness (QED) is 0.489. The molecule has 1 aliphatic rings. The lowest BCUT2D eigenvalue weighted by molar-refractivity contribution is -0.117. The minimum absolute atomic E-state index is 0.233. The number of amidine groups is 1. The summed E-state index contributed by atoms with van der Waals surface area (Å²) in [6.45, 7) is 0.857. The fourth-order valence-electron chi connectivity index (χ4n) is 2.97. The van der Waals surface area contributed by atoms with Gasteiger partial charge < -0.3 is 15.5 Å². The van der Waals surface area contributed by atoms with Crippen LogP contribution < -0.4 is 10.6 Å². The molecule has 28 heavy (non-hydrogen) atoms. The van der Waals surface area contributed by atoms with Gasteiger partial charge in [0.25, 0.3) is 0 Å². The predicted molar refractivity (Wildman–Crippen MR) is 108 cm³/mol. The van der Waals surface area contributed by atoms with Gasteiger partial charge in [-0.2, -0.15) is 0 Å². The first-order valence-electron chi connectivity index (χ1n) is 8.75. The zero-order valence-corrected chi connectivity index (χ0v) is 16.5. The molecule has 7 nitrogen and oxygen atoms in total. The van der Waals surface area contributed by atoms with E-state index >= 15 is 0 Å². The van der Waals surface area contributed by atoms with E-state index in [2.05, 4.69) is 31.5 Å². The first-order valence-corrected chi connectivity index (χ1v) is 9.54. The van der Waals surface area contributed by atoms with Crippen LogP contribution in [0.15, 0.2) is 47.2 Å². The Balaban J connectivity index is 1.50. The highest BCUT2D eigenvalue weighted by atomic mass is 79.9. The number of hydrogen-bond donors (Lipinski definition) is 3. The lowest BCUT2D eigenvalue weighted by Crippen LogP contribution is -2.44. The SMILES string of the molecule is N=C(Nc1ccc(F)c(Br)c1)C(=O)C1CCN(C(=O)Nc2cccnc2)CC1. The number of pyridine rings is 1.